The molecule has 54 valence electrons. The minimum atomic E-state index is -0.0662. The standard InChI is InChI=1S/C7H14FN/c1-6(7(2)8)4-3-5-9/h3-5,9H2,1-2H3. The Morgan fingerprint density at radius 2 is 2.00 bits per heavy atom. The van der Waals surface area contributed by atoms with E-state index in [1.54, 1.807) is 6.92 Å². The van der Waals surface area contributed by atoms with Gasteiger partial charge in [0.25, 0.3) is 0 Å². The molecule has 9 heavy (non-hydrogen) atoms. The second-order valence-electron chi connectivity index (χ2n) is 2.21. The summed E-state index contributed by atoms with van der Waals surface area (Å²) in [5, 5.41) is 0. The van der Waals surface area contributed by atoms with Gasteiger partial charge in [0.05, 0.1) is 5.83 Å². The van der Waals surface area contributed by atoms with Gasteiger partial charge in [-0.1, -0.05) is 0 Å². The molecule has 0 radical (unpaired) electrons. The predicted molar refractivity (Wildman–Crippen MR) is 37.8 cm³/mol. The third-order valence-corrected chi connectivity index (χ3v) is 1.34. The Kier molecular flexibility index (Phi) is 4.32. The number of hydrogen-bond acceptors (Lipinski definition) is 1. The summed E-state index contributed by atoms with van der Waals surface area (Å²) in [6, 6.07) is 0. The van der Waals surface area contributed by atoms with Crippen molar-refractivity contribution >= 4 is 0 Å². The molecule has 0 atom stereocenters. The summed E-state index contributed by atoms with van der Waals surface area (Å²) in [6.45, 7) is 3.92. The summed E-state index contributed by atoms with van der Waals surface area (Å²) in [7, 11) is 0. The minimum Gasteiger partial charge on any atom is -0.330 e. The molecule has 0 bridgehead atoms. The molecule has 0 aromatic rings. The molecule has 0 fully saturated rings. The molecule has 0 heterocycles. The van der Waals surface area contributed by atoms with Crippen LogP contribution < -0.4 is 5.73 Å². The van der Waals surface area contributed by atoms with Gasteiger partial charge in [-0.3, -0.25) is 0 Å². The lowest BCUT2D eigenvalue weighted by atomic mass is 10.1. The van der Waals surface area contributed by atoms with E-state index in [1.807, 2.05) is 0 Å². The molecular weight excluding hydrogens is 117 g/mol. The molecule has 2 heteroatoms. The second-order valence-corrected chi connectivity index (χ2v) is 2.21. The van der Waals surface area contributed by atoms with Crippen molar-refractivity contribution in [2.24, 2.45) is 5.73 Å². The Morgan fingerprint density at radius 1 is 1.44 bits per heavy atom. The summed E-state index contributed by atoms with van der Waals surface area (Å²) >= 11 is 0. The first kappa shape index (κ1) is 8.63. The maximum atomic E-state index is 12.3. The van der Waals surface area contributed by atoms with E-state index in [-0.39, 0.29) is 5.83 Å². The van der Waals surface area contributed by atoms with Gasteiger partial charge in [-0.2, -0.15) is 0 Å². The molecule has 0 saturated heterocycles. The quantitative estimate of drug-likeness (QED) is 0.622. The summed E-state index contributed by atoms with van der Waals surface area (Å²) in [5.74, 6) is -0.0662. The molecule has 1 nitrogen and oxygen atoms in total. The van der Waals surface area contributed by atoms with Gasteiger partial charge in [0.1, 0.15) is 0 Å². The summed E-state index contributed by atoms with van der Waals surface area (Å²) in [5.41, 5.74) is 6.05. The van der Waals surface area contributed by atoms with Crippen molar-refractivity contribution in [2.45, 2.75) is 26.7 Å². The molecule has 0 aromatic heterocycles. The summed E-state index contributed by atoms with van der Waals surface area (Å²) in [6.07, 6.45) is 1.67. The number of allylic oxidation sites excluding steroid dienone is 2. The Hall–Kier alpha value is -0.370. The fourth-order valence-electron chi connectivity index (χ4n) is 0.539. The Bertz CT molecular complexity index is 103. The predicted octanol–water partition coefficient (Wildman–Crippen LogP) is 1.99. The highest BCUT2D eigenvalue weighted by atomic mass is 19.1. The third kappa shape index (κ3) is 4.15. The minimum absolute atomic E-state index is 0.0662. The van der Waals surface area contributed by atoms with Crippen molar-refractivity contribution in [3.8, 4) is 0 Å². The van der Waals surface area contributed by atoms with Crippen LogP contribution in [0.5, 0.6) is 0 Å². The smallest absolute Gasteiger partial charge is 0.0957 e. The molecule has 0 aliphatic carbocycles. The molecule has 0 aliphatic heterocycles. The number of halogens is 1. The first-order valence-electron chi connectivity index (χ1n) is 3.20. The average Bonchev–Trinajstić information content (AvgIpc) is 1.82. The summed E-state index contributed by atoms with van der Waals surface area (Å²) in [4.78, 5) is 0. The Balaban J connectivity index is 3.50. The molecular formula is C7H14FN. The SMILES string of the molecule is CC(F)=C(C)CCCN. The molecule has 0 spiro atoms. The van der Waals surface area contributed by atoms with E-state index in [0.717, 1.165) is 18.4 Å². The van der Waals surface area contributed by atoms with Gasteiger partial charge >= 0.3 is 0 Å². The lowest BCUT2D eigenvalue weighted by Crippen LogP contribution is -1.98. The third-order valence-electron chi connectivity index (χ3n) is 1.34. The van der Waals surface area contributed by atoms with Crippen molar-refractivity contribution in [3.05, 3.63) is 11.4 Å². The topological polar surface area (TPSA) is 26.0 Å². The molecule has 0 aliphatic rings. The lowest BCUT2D eigenvalue weighted by Gasteiger charge is -1.97. The van der Waals surface area contributed by atoms with Crippen LogP contribution >= 0.6 is 0 Å². The highest BCUT2D eigenvalue weighted by Gasteiger charge is 1.92. The van der Waals surface area contributed by atoms with Gasteiger partial charge in [-0.05, 0) is 38.8 Å². The number of nitrogens with two attached hydrogens (primary N) is 1. The molecule has 0 aromatic carbocycles. The molecule has 2 N–H and O–H groups in total. The maximum Gasteiger partial charge on any atom is 0.0957 e. The zero-order chi connectivity index (χ0) is 7.28. The maximum absolute atomic E-state index is 12.3. The van der Waals surface area contributed by atoms with Crippen LogP contribution in [0.4, 0.5) is 4.39 Å². The van der Waals surface area contributed by atoms with E-state index in [0.29, 0.717) is 6.54 Å². The van der Waals surface area contributed by atoms with E-state index >= 15 is 0 Å². The second kappa shape index (κ2) is 4.50. The van der Waals surface area contributed by atoms with Crippen molar-refractivity contribution in [2.75, 3.05) is 6.54 Å². The van der Waals surface area contributed by atoms with Gasteiger partial charge in [-0.25, -0.2) is 4.39 Å². The fraction of sp³-hybridized carbons (Fsp3) is 0.714. The van der Waals surface area contributed by atoms with E-state index in [4.69, 9.17) is 5.73 Å². The highest BCUT2D eigenvalue weighted by molar-refractivity contribution is 5.01. The average molecular weight is 131 g/mol. The van der Waals surface area contributed by atoms with Gasteiger partial charge in [0.15, 0.2) is 0 Å². The lowest BCUT2D eigenvalue weighted by molar-refractivity contribution is 0.614. The number of hydrogen-bond donors (Lipinski definition) is 1. The van der Waals surface area contributed by atoms with Crippen molar-refractivity contribution in [3.63, 3.8) is 0 Å². The van der Waals surface area contributed by atoms with Crippen LogP contribution in [0, 0.1) is 0 Å². The van der Waals surface area contributed by atoms with Gasteiger partial charge in [0.2, 0.25) is 0 Å². The van der Waals surface area contributed by atoms with Gasteiger partial charge in [-0.15, -0.1) is 0 Å². The van der Waals surface area contributed by atoms with Crippen LogP contribution in [-0.4, -0.2) is 6.54 Å². The van der Waals surface area contributed by atoms with Crippen LogP contribution in [0.15, 0.2) is 11.4 Å². The van der Waals surface area contributed by atoms with E-state index in [1.165, 1.54) is 6.92 Å². The largest absolute Gasteiger partial charge is 0.330 e. The molecule has 0 unspecified atom stereocenters. The Morgan fingerprint density at radius 3 is 2.33 bits per heavy atom. The normalized spacial score (nSPS) is 13.3. The van der Waals surface area contributed by atoms with Crippen LogP contribution in [0.25, 0.3) is 0 Å². The van der Waals surface area contributed by atoms with Gasteiger partial charge < -0.3 is 5.73 Å². The van der Waals surface area contributed by atoms with Crippen molar-refractivity contribution in [1.29, 1.82) is 0 Å². The molecule has 0 amide bonds. The van der Waals surface area contributed by atoms with Crippen LogP contribution in [0.2, 0.25) is 0 Å². The van der Waals surface area contributed by atoms with E-state index in [9.17, 15) is 4.39 Å². The van der Waals surface area contributed by atoms with Crippen LogP contribution in [0.3, 0.4) is 0 Å². The number of rotatable bonds is 3. The van der Waals surface area contributed by atoms with E-state index < -0.39 is 0 Å². The molecule has 0 saturated carbocycles. The summed E-state index contributed by atoms with van der Waals surface area (Å²) < 4.78 is 12.3. The first-order valence-corrected chi connectivity index (χ1v) is 3.20. The highest BCUT2D eigenvalue weighted by Crippen LogP contribution is 2.09. The zero-order valence-electron chi connectivity index (χ0n) is 6.08. The van der Waals surface area contributed by atoms with Crippen molar-refractivity contribution < 1.29 is 4.39 Å². The zero-order valence-corrected chi connectivity index (χ0v) is 6.08. The van der Waals surface area contributed by atoms with Crippen LogP contribution in [-0.2, 0) is 0 Å². The van der Waals surface area contributed by atoms with Crippen LogP contribution in [0.1, 0.15) is 26.7 Å². The first-order chi connectivity index (χ1) is 4.18. The monoisotopic (exact) mass is 131 g/mol. The Labute approximate surface area is 55.7 Å². The van der Waals surface area contributed by atoms with E-state index in [2.05, 4.69) is 0 Å². The fourth-order valence-corrected chi connectivity index (χ4v) is 0.539. The van der Waals surface area contributed by atoms with Gasteiger partial charge in [0, 0.05) is 0 Å². The van der Waals surface area contributed by atoms with Crippen molar-refractivity contribution in [1.82, 2.24) is 0 Å². The molecule has 0 rings (SSSR count).